The van der Waals surface area contributed by atoms with E-state index >= 15 is 0 Å². The number of halogens is 1. The first-order chi connectivity index (χ1) is 9.10. The fourth-order valence-electron chi connectivity index (χ4n) is 3.26. The molecule has 1 nitrogen and oxygen atoms in total. The molecule has 1 saturated carbocycles. The minimum absolute atomic E-state index is 0.680. The molecule has 0 aromatic heterocycles. The summed E-state index contributed by atoms with van der Waals surface area (Å²) < 4.78 is 0. The highest BCUT2D eigenvalue weighted by atomic mass is 35.5. The van der Waals surface area contributed by atoms with Gasteiger partial charge in [-0.15, -0.1) is 11.6 Å². The standard InChI is InChI=1S/C17H26ClN/c1-12-8-13(2)17(14(3)9-12)11-19-16-6-4-15(10-18)5-7-16/h8-9,15-16,19H,4-7,10-11H2,1-3H3. The maximum Gasteiger partial charge on any atom is 0.0251 e. The minimum atomic E-state index is 0.680. The van der Waals surface area contributed by atoms with Crippen molar-refractivity contribution in [2.24, 2.45) is 5.92 Å². The summed E-state index contributed by atoms with van der Waals surface area (Å²) >= 11 is 5.94. The summed E-state index contributed by atoms with van der Waals surface area (Å²) in [6.45, 7) is 7.63. The zero-order valence-electron chi connectivity index (χ0n) is 12.4. The number of nitrogens with one attached hydrogen (secondary N) is 1. The van der Waals surface area contributed by atoms with E-state index in [-0.39, 0.29) is 0 Å². The predicted molar refractivity (Wildman–Crippen MR) is 84.0 cm³/mol. The van der Waals surface area contributed by atoms with Gasteiger partial charge in [0.15, 0.2) is 0 Å². The van der Waals surface area contributed by atoms with Gasteiger partial charge in [-0.2, -0.15) is 0 Å². The van der Waals surface area contributed by atoms with E-state index in [1.165, 1.54) is 47.9 Å². The number of aryl methyl sites for hydroxylation is 3. The summed E-state index contributed by atoms with van der Waals surface area (Å²) in [6, 6.07) is 5.25. The molecule has 0 amide bonds. The van der Waals surface area contributed by atoms with Crippen LogP contribution in [0.5, 0.6) is 0 Å². The van der Waals surface area contributed by atoms with Crippen LogP contribution in [0.2, 0.25) is 0 Å². The second kappa shape index (κ2) is 6.76. The van der Waals surface area contributed by atoms with E-state index in [4.69, 9.17) is 11.6 Å². The second-order valence-electron chi connectivity index (χ2n) is 6.13. The number of rotatable bonds is 4. The van der Waals surface area contributed by atoms with Gasteiger partial charge in [0, 0.05) is 18.5 Å². The molecule has 1 aliphatic carbocycles. The van der Waals surface area contributed by atoms with Crippen LogP contribution in [0.15, 0.2) is 12.1 Å². The van der Waals surface area contributed by atoms with Crippen molar-refractivity contribution in [3.8, 4) is 0 Å². The highest BCUT2D eigenvalue weighted by Gasteiger charge is 2.20. The van der Waals surface area contributed by atoms with E-state index in [9.17, 15) is 0 Å². The molecule has 106 valence electrons. The van der Waals surface area contributed by atoms with E-state index in [0.29, 0.717) is 6.04 Å². The predicted octanol–water partition coefficient (Wildman–Crippen LogP) is 4.50. The van der Waals surface area contributed by atoms with Crippen LogP contribution in [0.3, 0.4) is 0 Å². The lowest BCUT2D eigenvalue weighted by Crippen LogP contribution is -2.33. The van der Waals surface area contributed by atoms with Gasteiger partial charge in [-0.25, -0.2) is 0 Å². The van der Waals surface area contributed by atoms with Crippen molar-refractivity contribution in [3.05, 3.63) is 34.4 Å². The molecule has 2 heteroatoms. The van der Waals surface area contributed by atoms with E-state index < -0.39 is 0 Å². The Morgan fingerprint density at radius 1 is 1.05 bits per heavy atom. The molecule has 1 fully saturated rings. The molecule has 0 unspecified atom stereocenters. The molecule has 2 rings (SSSR count). The Balaban J connectivity index is 1.89. The Morgan fingerprint density at radius 2 is 1.63 bits per heavy atom. The highest BCUT2D eigenvalue weighted by molar-refractivity contribution is 6.18. The molecule has 1 aromatic carbocycles. The van der Waals surface area contributed by atoms with Gasteiger partial charge in [0.1, 0.15) is 0 Å². The van der Waals surface area contributed by atoms with E-state index in [1.54, 1.807) is 0 Å². The molecule has 0 bridgehead atoms. The lowest BCUT2D eigenvalue weighted by atomic mass is 9.87. The van der Waals surface area contributed by atoms with Crippen LogP contribution in [-0.2, 0) is 6.54 Å². The molecule has 0 aliphatic heterocycles. The summed E-state index contributed by atoms with van der Waals surface area (Å²) in [5.74, 6) is 1.59. The number of hydrogen-bond donors (Lipinski definition) is 1. The van der Waals surface area contributed by atoms with E-state index in [2.05, 4.69) is 38.2 Å². The molecular formula is C17H26ClN. The van der Waals surface area contributed by atoms with E-state index in [1.807, 2.05) is 0 Å². The van der Waals surface area contributed by atoms with Crippen molar-refractivity contribution < 1.29 is 0 Å². The lowest BCUT2D eigenvalue weighted by molar-refractivity contribution is 0.309. The Hall–Kier alpha value is -0.530. The van der Waals surface area contributed by atoms with E-state index in [0.717, 1.165) is 18.3 Å². The molecule has 0 saturated heterocycles. The summed E-state index contributed by atoms with van der Waals surface area (Å²) in [7, 11) is 0. The number of hydrogen-bond acceptors (Lipinski definition) is 1. The molecule has 0 radical (unpaired) electrons. The highest BCUT2D eigenvalue weighted by Crippen LogP contribution is 2.25. The first-order valence-corrected chi connectivity index (χ1v) is 7.99. The summed E-state index contributed by atoms with van der Waals surface area (Å²) in [6.07, 6.45) is 5.13. The molecule has 0 heterocycles. The van der Waals surface area contributed by atoms with Crippen molar-refractivity contribution in [2.75, 3.05) is 5.88 Å². The average Bonchev–Trinajstić information content (AvgIpc) is 2.38. The van der Waals surface area contributed by atoms with Crippen molar-refractivity contribution in [1.82, 2.24) is 5.32 Å². The van der Waals surface area contributed by atoms with Gasteiger partial charge in [-0.1, -0.05) is 17.7 Å². The summed E-state index contributed by atoms with van der Waals surface area (Å²) in [5.41, 5.74) is 5.67. The first-order valence-electron chi connectivity index (χ1n) is 7.46. The lowest BCUT2D eigenvalue weighted by Gasteiger charge is -2.28. The Kier molecular flexibility index (Phi) is 5.29. The quantitative estimate of drug-likeness (QED) is 0.800. The van der Waals surface area contributed by atoms with Crippen LogP contribution < -0.4 is 5.32 Å². The molecule has 0 spiro atoms. The van der Waals surface area contributed by atoms with Crippen LogP contribution >= 0.6 is 11.6 Å². The fraction of sp³-hybridized carbons (Fsp3) is 0.647. The van der Waals surface area contributed by atoms with Gasteiger partial charge in [0.25, 0.3) is 0 Å². The maximum absolute atomic E-state index is 5.94. The fourth-order valence-corrected chi connectivity index (χ4v) is 3.56. The molecule has 19 heavy (non-hydrogen) atoms. The van der Waals surface area contributed by atoms with Crippen molar-refractivity contribution >= 4 is 11.6 Å². The van der Waals surface area contributed by atoms with Crippen molar-refractivity contribution in [2.45, 2.75) is 59.0 Å². The smallest absolute Gasteiger partial charge is 0.0251 e. The monoisotopic (exact) mass is 279 g/mol. The van der Waals surface area contributed by atoms with Gasteiger partial charge in [0.05, 0.1) is 0 Å². The van der Waals surface area contributed by atoms with Crippen LogP contribution in [0, 0.1) is 26.7 Å². The summed E-state index contributed by atoms with van der Waals surface area (Å²) in [4.78, 5) is 0. The molecule has 1 N–H and O–H groups in total. The topological polar surface area (TPSA) is 12.0 Å². The van der Waals surface area contributed by atoms with Crippen LogP contribution in [0.1, 0.15) is 47.9 Å². The molecule has 1 aliphatic rings. The maximum atomic E-state index is 5.94. The van der Waals surface area contributed by atoms with Crippen LogP contribution in [0.4, 0.5) is 0 Å². The van der Waals surface area contributed by atoms with Gasteiger partial charge in [-0.05, 0) is 69.1 Å². The third-order valence-electron chi connectivity index (χ3n) is 4.47. The second-order valence-corrected chi connectivity index (χ2v) is 6.44. The van der Waals surface area contributed by atoms with Crippen LogP contribution in [0.25, 0.3) is 0 Å². The van der Waals surface area contributed by atoms with Gasteiger partial charge < -0.3 is 5.32 Å². The number of benzene rings is 1. The van der Waals surface area contributed by atoms with Crippen LogP contribution in [-0.4, -0.2) is 11.9 Å². The molecular weight excluding hydrogens is 254 g/mol. The minimum Gasteiger partial charge on any atom is -0.310 e. The molecule has 0 atom stereocenters. The zero-order valence-corrected chi connectivity index (χ0v) is 13.2. The van der Waals surface area contributed by atoms with Gasteiger partial charge >= 0.3 is 0 Å². The van der Waals surface area contributed by atoms with Gasteiger partial charge in [0.2, 0.25) is 0 Å². The first kappa shape index (κ1) is 14.9. The third-order valence-corrected chi connectivity index (χ3v) is 4.91. The van der Waals surface area contributed by atoms with Gasteiger partial charge in [-0.3, -0.25) is 0 Å². The third kappa shape index (κ3) is 3.97. The largest absolute Gasteiger partial charge is 0.310 e. The SMILES string of the molecule is Cc1cc(C)c(CNC2CCC(CCl)CC2)c(C)c1. The number of alkyl halides is 1. The molecule has 1 aromatic rings. The Bertz CT molecular complexity index is 396. The van der Waals surface area contributed by atoms with Crippen molar-refractivity contribution in [3.63, 3.8) is 0 Å². The average molecular weight is 280 g/mol. The Morgan fingerprint density at radius 3 is 2.16 bits per heavy atom. The summed E-state index contributed by atoms with van der Waals surface area (Å²) in [5, 5.41) is 3.74. The van der Waals surface area contributed by atoms with Crippen molar-refractivity contribution in [1.29, 1.82) is 0 Å². The normalized spacial score (nSPS) is 23.6. The Labute approximate surface area is 122 Å². The zero-order chi connectivity index (χ0) is 13.8.